The van der Waals surface area contributed by atoms with Gasteiger partial charge in [0.25, 0.3) is 0 Å². The number of ketones is 1. The van der Waals surface area contributed by atoms with Crippen LogP contribution in [0.3, 0.4) is 0 Å². The standard InChI is InChI=1S/C39H69NO14/c1-15-27-21(4)30(42)22(5)29(41)19(2)17-38(9,46)34(54-36-32(53-37(45)47-13)26(40(11)12)16-20(3)49-36)23(6)31(24(7)35(44)51-27)52-28-18-39(10,48-14)33(43)25(8)50-28/h19-28,30-34,36,42-43,46H,15-18H2,1-14H3/t19-,20-,21+,22+,23+,24-,25+,26+,27-,28+,30+,31+,32-,33+,34-,36+,38-,39-/m1/s1. The molecule has 3 aliphatic heterocycles. The molecule has 18 atom stereocenters. The predicted molar refractivity (Wildman–Crippen MR) is 196 cm³/mol. The molecule has 54 heavy (non-hydrogen) atoms. The minimum Gasteiger partial charge on any atom is -0.462 e. The van der Waals surface area contributed by atoms with Crippen molar-refractivity contribution < 1.29 is 67.6 Å². The monoisotopic (exact) mass is 775 g/mol. The molecule has 0 radical (unpaired) electrons. The van der Waals surface area contributed by atoms with Gasteiger partial charge in [0.15, 0.2) is 18.7 Å². The van der Waals surface area contributed by atoms with E-state index in [9.17, 15) is 29.7 Å². The zero-order valence-corrected chi connectivity index (χ0v) is 34.8. The van der Waals surface area contributed by atoms with Crippen molar-refractivity contribution in [2.24, 2.45) is 29.6 Å². The maximum atomic E-state index is 14.2. The van der Waals surface area contributed by atoms with Crippen LogP contribution < -0.4 is 0 Å². The van der Waals surface area contributed by atoms with Crippen LogP contribution in [-0.4, -0.2) is 145 Å². The number of nitrogens with zero attached hydrogens (tertiary/aromatic N) is 1. The largest absolute Gasteiger partial charge is 0.508 e. The average Bonchev–Trinajstić information content (AvgIpc) is 3.11. The molecule has 3 N–H and O–H groups in total. The Labute approximate surface area is 321 Å². The van der Waals surface area contributed by atoms with Gasteiger partial charge in [0, 0.05) is 37.2 Å². The lowest BCUT2D eigenvalue weighted by Gasteiger charge is -2.49. The zero-order chi connectivity index (χ0) is 41.0. The summed E-state index contributed by atoms with van der Waals surface area (Å²) >= 11 is 0. The third-order valence-corrected chi connectivity index (χ3v) is 12.1. The first-order valence-electron chi connectivity index (χ1n) is 19.4. The number of cyclic esters (lactones) is 1. The van der Waals surface area contributed by atoms with E-state index in [1.807, 2.05) is 32.8 Å². The summed E-state index contributed by atoms with van der Waals surface area (Å²) in [4.78, 5) is 42.5. The SMILES string of the molecule is CC[C@H]1OC(=O)[C@H](C)[C@@H](O[C@H]2C[C@@](C)(OC)[C@@H](O)[C@H](C)O2)[C@H](C)[C@@H](O[C@@H]2O[C@H](C)C[C@H](N(C)C)[C@H]2OC(=O)OC)[C@](C)(O)C[C@@H](C)C(=O)[C@H](C)[C@@H](O)[C@H]1C. The third-order valence-electron chi connectivity index (χ3n) is 12.1. The number of Topliss-reactive ketones (excluding diaryl/α,β-unsaturated/α-hetero) is 1. The Hall–Kier alpha value is -1.95. The Morgan fingerprint density at radius 2 is 1.54 bits per heavy atom. The van der Waals surface area contributed by atoms with E-state index in [-0.39, 0.29) is 30.8 Å². The Morgan fingerprint density at radius 1 is 0.907 bits per heavy atom. The Balaban J connectivity index is 2.22. The summed E-state index contributed by atoms with van der Waals surface area (Å²) in [5.41, 5.74) is -2.84. The first kappa shape index (κ1) is 46.4. The minimum absolute atomic E-state index is 0.0954. The molecule has 3 fully saturated rings. The molecule has 3 aliphatic rings. The van der Waals surface area contributed by atoms with Crippen LogP contribution in [0.1, 0.15) is 94.9 Å². The van der Waals surface area contributed by atoms with E-state index in [0.717, 1.165) is 0 Å². The molecule has 3 heterocycles. The van der Waals surface area contributed by atoms with E-state index in [0.29, 0.717) is 12.8 Å². The normalized spacial score (nSPS) is 46.0. The van der Waals surface area contributed by atoms with Crippen molar-refractivity contribution in [1.29, 1.82) is 0 Å². The maximum Gasteiger partial charge on any atom is 0.508 e. The van der Waals surface area contributed by atoms with Gasteiger partial charge in [-0.25, -0.2) is 4.79 Å². The number of hydrogen-bond acceptors (Lipinski definition) is 15. The number of carbonyl (C=O) groups is 3. The number of ether oxygens (including phenoxy) is 8. The number of rotatable bonds is 8. The lowest BCUT2D eigenvalue weighted by atomic mass is 9.74. The number of hydrogen-bond donors (Lipinski definition) is 3. The zero-order valence-electron chi connectivity index (χ0n) is 34.8. The molecule has 0 aromatic heterocycles. The molecule has 0 aromatic carbocycles. The second kappa shape index (κ2) is 19.0. The van der Waals surface area contributed by atoms with Crippen molar-refractivity contribution in [2.75, 3.05) is 28.3 Å². The van der Waals surface area contributed by atoms with Crippen LogP contribution in [-0.2, 0) is 47.5 Å². The van der Waals surface area contributed by atoms with Gasteiger partial charge in [-0.1, -0.05) is 34.6 Å². The molecule has 3 rings (SSSR count). The van der Waals surface area contributed by atoms with Crippen molar-refractivity contribution in [3.63, 3.8) is 0 Å². The summed E-state index contributed by atoms with van der Waals surface area (Å²) in [5.74, 6) is -4.88. The summed E-state index contributed by atoms with van der Waals surface area (Å²) < 4.78 is 48.4. The number of aliphatic hydroxyl groups excluding tert-OH is 2. The van der Waals surface area contributed by atoms with E-state index in [1.54, 1.807) is 55.4 Å². The van der Waals surface area contributed by atoms with E-state index in [2.05, 4.69) is 0 Å². The van der Waals surface area contributed by atoms with Crippen molar-refractivity contribution >= 4 is 17.9 Å². The van der Waals surface area contributed by atoms with Gasteiger partial charge in [0.2, 0.25) is 0 Å². The van der Waals surface area contributed by atoms with Crippen LogP contribution in [0.4, 0.5) is 4.79 Å². The van der Waals surface area contributed by atoms with Crippen LogP contribution in [0.2, 0.25) is 0 Å². The molecule has 0 spiro atoms. The smallest absolute Gasteiger partial charge is 0.462 e. The molecule has 0 amide bonds. The Morgan fingerprint density at radius 3 is 2.09 bits per heavy atom. The van der Waals surface area contributed by atoms with Gasteiger partial charge in [-0.3, -0.25) is 9.59 Å². The van der Waals surface area contributed by atoms with E-state index in [1.165, 1.54) is 14.2 Å². The van der Waals surface area contributed by atoms with Crippen LogP contribution >= 0.6 is 0 Å². The van der Waals surface area contributed by atoms with E-state index in [4.69, 9.17) is 37.9 Å². The molecule has 0 bridgehead atoms. The van der Waals surface area contributed by atoms with Crippen LogP contribution in [0.15, 0.2) is 0 Å². The average molecular weight is 776 g/mol. The van der Waals surface area contributed by atoms with Crippen LogP contribution in [0.25, 0.3) is 0 Å². The fraction of sp³-hybridized carbons (Fsp3) is 0.923. The van der Waals surface area contributed by atoms with Crippen molar-refractivity contribution in [2.45, 2.75) is 174 Å². The van der Waals surface area contributed by atoms with Crippen LogP contribution in [0.5, 0.6) is 0 Å². The summed E-state index contributed by atoms with van der Waals surface area (Å²) in [6.07, 6.45) is -9.41. The number of esters is 1. The first-order chi connectivity index (χ1) is 25.0. The maximum absolute atomic E-state index is 14.2. The quantitative estimate of drug-likeness (QED) is 0.304. The lowest BCUT2D eigenvalue weighted by Crippen LogP contribution is -2.61. The molecule has 0 aliphatic carbocycles. The van der Waals surface area contributed by atoms with E-state index >= 15 is 0 Å². The van der Waals surface area contributed by atoms with Gasteiger partial charge >= 0.3 is 12.1 Å². The predicted octanol–water partition coefficient (Wildman–Crippen LogP) is 3.46. The summed E-state index contributed by atoms with van der Waals surface area (Å²) in [5, 5.41) is 34.9. The molecule has 15 heteroatoms. The Kier molecular flexibility index (Phi) is 16.3. The van der Waals surface area contributed by atoms with Crippen molar-refractivity contribution in [1.82, 2.24) is 4.90 Å². The molecule has 0 saturated carbocycles. The van der Waals surface area contributed by atoms with Gasteiger partial charge in [0.05, 0.1) is 60.8 Å². The first-order valence-corrected chi connectivity index (χ1v) is 19.4. The molecule has 0 unspecified atom stereocenters. The molecule has 3 saturated heterocycles. The molecule has 0 aromatic rings. The van der Waals surface area contributed by atoms with Gasteiger partial charge in [0.1, 0.15) is 18.0 Å². The highest BCUT2D eigenvalue weighted by atomic mass is 16.8. The fourth-order valence-electron chi connectivity index (χ4n) is 8.63. The van der Waals surface area contributed by atoms with Gasteiger partial charge in [-0.05, 0) is 68.0 Å². The van der Waals surface area contributed by atoms with Gasteiger partial charge < -0.3 is 58.1 Å². The second-order valence-corrected chi connectivity index (χ2v) is 16.7. The Bertz CT molecular complexity index is 1250. The highest BCUT2D eigenvalue weighted by Gasteiger charge is 2.53. The minimum atomic E-state index is -1.79. The number of likely N-dealkylation sites (N-methyl/N-ethyl adjacent to an activating group) is 1. The number of carbonyl (C=O) groups excluding carboxylic acids is 3. The van der Waals surface area contributed by atoms with E-state index < -0.39 is 108 Å². The molecular formula is C39H69NO14. The molecule has 15 nitrogen and oxygen atoms in total. The van der Waals surface area contributed by atoms with Crippen molar-refractivity contribution in [3.8, 4) is 0 Å². The highest BCUT2D eigenvalue weighted by Crippen LogP contribution is 2.40. The molecule has 314 valence electrons. The number of methoxy groups -OCH3 is 2. The highest BCUT2D eigenvalue weighted by molar-refractivity contribution is 5.83. The third kappa shape index (κ3) is 10.5. The summed E-state index contributed by atoms with van der Waals surface area (Å²) in [7, 11) is 6.37. The van der Waals surface area contributed by atoms with Gasteiger partial charge in [-0.2, -0.15) is 0 Å². The summed E-state index contributed by atoms with van der Waals surface area (Å²) in [6, 6.07) is -0.372. The fourth-order valence-corrected chi connectivity index (χ4v) is 8.63. The molecular weight excluding hydrogens is 706 g/mol. The van der Waals surface area contributed by atoms with Gasteiger partial charge in [-0.15, -0.1) is 0 Å². The topological polar surface area (TPSA) is 189 Å². The summed E-state index contributed by atoms with van der Waals surface area (Å²) in [6.45, 7) is 17.2. The lowest BCUT2D eigenvalue weighted by molar-refractivity contribution is -0.318. The number of aliphatic hydroxyl groups is 3. The van der Waals surface area contributed by atoms with Crippen molar-refractivity contribution in [3.05, 3.63) is 0 Å². The van der Waals surface area contributed by atoms with Crippen LogP contribution in [0, 0.1) is 29.6 Å². The second-order valence-electron chi connectivity index (χ2n) is 16.7.